The van der Waals surface area contributed by atoms with E-state index in [4.69, 9.17) is 21.1 Å². The number of ether oxygens (including phenoxy) is 2. The van der Waals surface area contributed by atoms with Crippen molar-refractivity contribution in [2.24, 2.45) is 0 Å². The lowest BCUT2D eigenvalue weighted by Gasteiger charge is -2.16. The van der Waals surface area contributed by atoms with E-state index in [-0.39, 0.29) is 23.0 Å². The van der Waals surface area contributed by atoms with Crippen LogP contribution in [0.25, 0.3) is 0 Å². The van der Waals surface area contributed by atoms with E-state index < -0.39 is 5.97 Å². The molecule has 0 heterocycles. The van der Waals surface area contributed by atoms with E-state index in [1.165, 1.54) is 25.3 Å². The fourth-order valence-electron chi connectivity index (χ4n) is 2.79. The van der Waals surface area contributed by atoms with Crippen LogP contribution in [0.5, 0.6) is 11.5 Å². The normalized spacial score (nSPS) is 10.4. The van der Waals surface area contributed by atoms with Crippen LogP contribution >= 0.6 is 11.6 Å². The van der Waals surface area contributed by atoms with Crippen molar-refractivity contribution in [3.8, 4) is 11.5 Å². The number of aromatic carboxylic acids is 1. The number of hydrogen-bond donors (Lipinski definition) is 2. The van der Waals surface area contributed by atoms with Crippen molar-refractivity contribution in [2.45, 2.75) is 13.2 Å². The maximum Gasteiger partial charge on any atom is 0.337 e. The highest BCUT2D eigenvalue weighted by atomic mass is 35.5. The molecule has 0 saturated heterocycles. The van der Waals surface area contributed by atoms with Crippen molar-refractivity contribution in [2.75, 3.05) is 12.4 Å². The second kappa shape index (κ2) is 9.30. The van der Waals surface area contributed by atoms with Crippen LogP contribution < -0.4 is 14.8 Å². The summed E-state index contributed by atoms with van der Waals surface area (Å²) in [7, 11) is 1.53. The molecule has 0 atom stereocenters. The van der Waals surface area contributed by atoms with Gasteiger partial charge in [-0.2, -0.15) is 0 Å². The SMILES string of the molecule is COc1cccc(CNc2ccc(Cl)c(C(=O)O)c2)c1OCc1ccccc1F. The van der Waals surface area contributed by atoms with E-state index >= 15 is 0 Å². The van der Waals surface area contributed by atoms with Crippen LogP contribution in [0.4, 0.5) is 10.1 Å². The summed E-state index contributed by atoms with van der Waals surface area (Å²) in [5.74, 6) is -0.445. The van der Waals surface area contributed by atoms with Gasteiger partial charge >= 0.3 is 5.97 Å². The van der Waals surface area contributed by atoms with Gasteiger partial charge in [-0.15, -0.1) is 0 Å². The molecule has 7 heteroatoms. The van der Waals surface area contributed by atoms with Crippen molar-refractivity contribution < 1.29 is 23.8 Å². The number of rotatable bonds is 8. The lowest BCUT2D eigenvalue weighted by Crippen LogP contribution is -2.07. The third-order valence-electron chi connectivity index (χ3n) is 4.29. The van der Waals surface area contributed by atoms with Crippen LogP contribution in [0, 0.1) is 5.82 Å². The van der Waals surface area contributed by atoms with Crippen LogP contribution in [0.1, 0.15) is 21.5 Å². The van der Waals surface area contributed by atoms with Gasteiger partial charge in [-0.05, 0) is 30.3 Å². The highest BCUT2D eigenvalue weighted by Crippen LogP contribution is 2.33. The number of halogens is 2. The van der Waals surface area contributed by atoms with Crippen molar-refractivity contribution >= 4 is 23.3 Å². The van der Waals surface area contributed by atoms with E-state index in [2.05, 4.69) is 5.32 Å². The third kappa shape index (κ3) is 4.97. The summed E-state index contributed by atoms with van der Waals surface area (Å²) < 4.78 is 25.2. The molecular formula is C22H19ClFNO4. The van der Waals surface area contributed by atoms with E-state index in [0.29, 0.717) is 29.3 Å². The Morgan fingerprint density at radius 3 is 2.59 bits per heavy atom. The minimum Gasteiger partial charge on any atom is -0.493 e. The summed E-state index contributed by atoms with van der Waals surface area (Å²) >= 11 is 5.91. The molecule has 3 rings (SSSR count). The molecule has 3 aromatic carbocycles. The highest BCUT2D eigenvalue weighted by molar-refractivity contribution is 6.33. The Labute approximate surface area is 172 Å². The average Bonchev–Trinajstić information content (AvgIpc) is 2.72. The number of benzene rings is 3. The van der Waals surface area contributed by atoms with Gasteiger partial charge in [0.05, 0.1) is 17.7 Å². The standard InChI is InChI=1S/C22H19ClFNO4/c1-28-20-8-4-6-14(21(20)29-13-15-5-2-3-7-19(15)24)12-25-16-9-10-18(23)17(11-16)22(26)27/h2-11,25H,12-13H2,1H3,(H,26,27). The molecule has 0 aliphatic carbocycles. The predicted octanol–water partition coefficient (Wildman–Crippen LogP) is 5.38. The molecule has 0 saturated carbocycles. The molecule has 0 amide bonds. The average molecular weight is 416 g/mol. The van der Waals surface area contributed by atoms with Gasteiger partial charge in [0.1, 0.15) is 12.4 Å². The van der Waals surface area contributed by atoms with Crippen LogP contribution in [0.3, 0.4) is 0 Å². The quantitative estimate of drug-likeness (QED) is 0.517. The maximum atomic E-state index is 13.9. The van der Waals surface area contributed by atoms with Crippen molar-refractivity contribution in [1.82, 2.24) is 0 Å². The van der Waals surface area contributed by atoms with Crippen LogP contribution in [0.15, 0.2) is 60.7 Å². The van der Waals surface area contributed by atoms with E-state index in [1.54, 1.807) is 30.3 Å². The molecule has 2 N–H and O–H groups in total. The Balaban J connectivity index is 1.80. The van der Waals surface area contributed by atoms with Crippen LogP contribution in [0.2, 0.25) is 5.02 Å². The summed E-state index contributed by atoms with van der Waals surface area (Å²) in [6.45, 7) is 0.384. The largest absolute Gasteiger partial charge is 0.493 e. The van der Waals surface area contributed by atoms with Gasteiger partial charge in [0.2, 0.25) is 0 Å². The number of para-hydroxylation sites is 1. The molecule has 150 valence electrons. The highest BCUT2D eigenvalue weighted by Gasteiger charge is 2.13. The number of carbonyl (C=O) groups is 1. The number of methoxy groups -OCH3 is 1. The first-order valence-corrected chi connectivity index (χ1v) is 9.16. The molecule has 0 aliphatic heterocycles. The molecule has 0 aromatic heterocycles. The van der Waals surface area contributed by atoms with Crippen LogP contribution in [-0.4, -0.2) is 18.2 Å². The number of anilines is 1. The fourth-order valence-corrected chi connectivity index (χ4v) is 2.99. The molecule has 0 radical (unpaired) electrons. The molecule has 0 spiro atoms. The Morgan fingerprint density at radius 1 is 1.10 bits per heavy atom. The summed E-state index contributed by atoms with van der Waals surface area (Å²) in [5, 5.41) is 12.5. The third-order valence-corrected chi connectivity index (χ3v) is 4.62. The number of nitrogens with one attached hydrogen (secondary N) is 1. The topological polar surface area (TPSA) is 67.8 Å². The lowest BCUT2D eigenvalue weighted by molar-refractivity contribution is 0.0697. The van der Waals surface area contributed by atoms with Crippen molar-refractivity contribution in [1.29, 1.82) is 0 Å². The second-order valence-electron chi connectivity index (χ2n) is 6.18. The molecule has 0 bridgehead atoms. The zero-order valence-electron chi connectivity index (χ0n) is 15.6. The summed E-state index contributed by atoms with van der Waals surface area (Å²) in [5.41, 5.74) is 1.81. The minimum absolute atomic E-state index is 0.0123. The first-order chi connectivity index (χ1) is 14.0. The van der Waals surface area contributed by atoms with Gasteiger partial charge in [-0.25, -0.2) is 9.18 Å². The van der Waals surface area contributed by atoms with Gasteiger partial charge in [-0.3, -0.25) is 0 Å². The first-order valence-electron chi connectivity index (χ1n) is 8.78. The van der Waals surface area contributed by atoms with Gasteiger partial charge in [0.25, 0.3) is 0 Å². The molecule has 5 nitrogen and oxygen atoms in total. The summed E-state index contributed by atoms with van der Waals surface area (Å²) in [4.78, 5) is 11.3. The van der Waals surface area contributed by atoms with E-state index in [9.17, 15) is 14.3 Å². The van der Waals surface area contributed by atoms with E-state index in [0.717, 1.165) is 5.56 Å². The molecule has 0 unspecified atom stereocenters. The Morgan fingerprint density at radius 2 is 1.86 bits per heavy atom. The Hall–Kier alpha value is -3.25. The molecule has 0 fully saturated rings. The van der Waals surface area contributed by atoms with Gasteiger partial charge < -0.3 is 19.9 Å². The molecule has 3 aromatic rings. The number of carboxylic acids is 1. The van der Waals surface area contributed by atoms with Gasteiger partial charge in [-0.1, -0.05) is 41.9 Å². The smallest absolute Gasteiger partial charge is 0.337 e. The monoisotopic (exact) mass is 415 g/mol. The first kappa shape index (κ1) is 20.5. The van der Waals surface area contributed by atoms with E-state index in [1.807, 2.05) is 12.1 Å². The zero-order valence-corrected chi connectivity index (χ0v) is 16.4. The molecule has 0 aliphatic rings. The Kier molecular flexibility index (Phi) is 6.57. The van der Waals surface area contributed by atoms with Crippen molar-refractivity contribution in [3.05, 3.63) is 88.2 Å². The summed E-state index contributed by atoms with van der Waals surface area (Å²) in [6, 6.07) is 16.5. The second-order valence-corrected chi connectivity index (χ2v) is 6.59. The minimum atomic E-state index is -1.10. The van der Waals surface area contributed by atoms with Gasteiger partial charge in [0.15, 0.2) is 11.5 Å². The molecular weight excluding hydrogens is 397 g/mol. The van der Waals surface area contributed by atoms with Gasteiger partial charge in [0, 0.05) is 23.4 Å². The number of hydrogen-bond acceptors (Lipinski definition) is 4. The lowest BCUT2D eigenvalue weighted by atomic mass is 10.1. The Bertz CT molecular complexity index is 1030. The predicted molar refractivity (Wildman–Crippen MR) is 109 cm³/mol. The summed E-state index contributed by atoms with van der Waals surface area (Å²) in [6.07, 6.45) is 0. The van der Waals surface area contributed by atoms with Crippen LogP contribution in [-0.2, 0) is 13.2 Å². The fraction of sp³-hybridized carbons (Fsp3) is 0.136. The molecule has 29 heavy (non-hydrogen) atoms. The maximum absolute atomic E-state index is 13.9. The van der Waals surface area contributed by atoms with Crippen molar-refractivity contribution in [3.63, 3.8) is 0 Å². The zero-order chi connectivity index (χ0) is 20.8. The number of carboxylic acid groups (broad SMARTS) is 1.